The molecule has 2 aromatic rings. The Bertz CT molecular complexity index is 672. The first-order chi connectivity index (χ1) is 9.01. The van der Waals surface area contributed by atoms with Crippen LogP contribution in [0.3, 0.4) is 0 Å². The van der Waals surface area contributed by atoms with Crippen LogP contribution in [0.25, 0.3) is 0 Å². The van der Waals surface area contributed by atoms with Crippen LogP contribution in [0, 0.1) is 5.82 Å². The number of aryl methyl sites for hydroxylation is 1. The predicted octanol–water partition coefficient (Wildman–Crippen LogP) is 1.98. The molecule has 0 saturated carbocycles. The molecule has 0 fully saturated rings. The fourth-order valence-electron chi connectivity index (χ4n) is 1.44. The van der Waals surface area contributed by atoms with Crippen molar-refractivity contribution in [3.05, 3.63) is 48.3 Å². The van der Waals surface area contributed by atoms with Crippen molar-refractivity contribution in [2.45, 2.75) is 18.2 Å². The minimum absolute atomic E-state index is 0.146. The smallest absolute Gasteiger partial charge is 0.262 e. The van der Waals surface area contributed by atoms with Gasteiger partial charge >= 0.3 is 0 Å². The molecule has 0 aliphatic heterocycles. The fraction of sp³-hybridized carbons (Fsp3) is 0.167. The second-order valence-corrected chi connectivity index (χ2v) is 5.49. The molecular weight excluding hydrogens is 269 g/mol. The number of sulfonamides is 1. The van der Waals surface area contributed by atoms with E-state index in [-0.39, 0.29) is 10.6 Å². The summed E-state index contributed by atoms with van der Waals surface area (Å²) in [5.41, 5.74) is 0.237. The SMILES string of the molecule is CCc1ncc(NS(=O)(=O)c2cccc(F)c2)cn1. The van der Waals surface area contributed by atoms with Gasteiger partial charge < -0.3 is 0 Å². The van der Waals surface area contributed by atoms with Crippen molar-refractivity contribution in [2.24, 2.45) is 0 Å². The standard InChI is InChI=1S/C12H12FN3O2S/c1-2-12-14-7-10(8-15-12)16-19(17,18)11-5-3-4-9(13)6-11/h3-8,16H,2H2,1H3. The zero-order valence-corrected chi connectivity index (χ0v) is 11.0. The van der Waals surface area contributed by atoms with Gasteiger partial charge in [-0.3, -0.25) is 4.72 Å². The molecule has 0 amide bonds. The normalized spacial score (nSPS) is 11.3. The van der Waals surface area contributed by atoms with Crippen LogP contribution in [0.5, 0.6) is 0 Å². The summed E-state index contributed by atoms with van der Waals surface area (Å²) in [6.45, 7) is 1.89. The van der Waals surface area contributed by atoms with Crippen molar-refractivity contribution in [1.29, 1.82) is 0 Å². The van der Waals surface area contributed by atoms with E-state index in [0.717, 1.165) is 6.07 Å². The van der Waals surface area contributed by atoms with E-state index >= 15 is 0 Å². The summed E-state index contributed by atoms with van der Waals surface area (Å²) >= 11 is 0. The Morgan fingerprint density at radius 3 is 2.53 bits per heavy atom. The Morgan fingerprint density at radius 1 is 1.26 bits per heavy atom. The molecule has 1 aromatic heterocycles. The Labute approximate surface area is 110 Å². The number of nitrogens with zero attached hydrogens (tertiary/aromatic N) is 2. The van der Waals surface area contributed by atoms with Crippen molar-refractivity contribution in [1.82, 2.24) is 9.97 Å². The van der Waals surface area contributed by atoms with Crippen LogP contribution in [-0.4, -0.2) is 18.4 Å². The monoisotopic (exact) mass is 281 g/mol. The van der Waals surface area contributed by atoms with Crippen LogP contribution in [0.4, 0.5) is 10.1 Å². The summed E-state index contributed by atoms with van der Waals surface area (Å²) < 4.78 is 39.3. The zero-order valence-electron chi connectivity index (χ0n) is 10.2. The van der Waals surface area contributed by atoms with Gasteiger partial charge in [0.2, 0.25) is 0 Å². The van der Waals surface area contributed by atoms with Gasteiger partial charge in [-0.15, -0.1) is 0 Å². The summed E-state index contributed by atoms with van der Waals surface area (Å²) in [4.78, 5) is 7.81. The van der Waals surface area contributed by atoms with E-state index in [2.05, 4.69) is 14.7 Å². The van der Waals surface area contributed by atoms with E-state index in [9.17, 15) is 12.8 Å². The van der Waals surface area contributed by atoms with Crippen LogP contribution >= 0.6 is 0 Å². The Kier molecular flexibility index (Phi) is 3.75. The van der Waals surface area contributed by atoms with Crippen LogP contribution in [0.1, 0.15) is 12.7 Å². The maximum absolute atomic E-state index is 13.0. The summed E-state index contributed by atoms with van der Waals surface area (Å²) in [6.07, 6.45) is 3.42. The molecule has 1 aromatic carbocycles. The number of rotatable bonds is 4. The molecule has 19 heavy (non-hydrogen) atoms. The van der Waals surface area contributed by atoms with E-state index in [4.69, 9.17) is 0 Å². The van der Waals surface area contributed by atoms with Crippen LogP contribution in [0.15, 0.2) is 41.6 Å². The van der Waals surface area contributed by atoms with E-state index < -0.39 is 15.8 Å². The molecule has 2 rings (SSSR count). The number of benzene rings is 1. The maximum atomic E-state index is 13.0. The lowest BCUT2D eigenvalue weighted by Gasteiger charge is -2.07. The van der Waals surface area contributed by atoms with Gasteiger partial charge in [-0.05, 0) is 18.2 Å². The van der Waals surface area contributed by atoms with E-state index in [1.54, 1.807) is 0 Å². The lowest BCUT2D eigenvalue weighted by molar-refractivity contribution is 0.595. The second kappa shape index (κ2) is 5.31. The first-order valence-electron chi connectivity index (χ1n) is 5.60. The summed E-state index contributed by atoms with van der Waals surface area (Å²) in [5, 5.41) is 0. The van der Waals surface area contributed by atoms with E-state index in [1.165, 1.54) is 30.6 Å². The number of anilines is 1. The third-order valence-corrected chi connectivity index (χ3v) is 3.76. The van der Waals surface area contributed by atoms with Crippen molar-refractivity contribution < 1.29 is 12.8 Å². The van der Waals surface area contributed by atoms with Crippen molar-refractivity contribution >= 4 is 15.7 Å². The molecule has 0 atom stereocenters. The molecule has 0 aliphatic rings. The highest BCUT2D eigenvalue weighted by atomic mass is 32.2. The fourth-order valence-corrected chi connectivity index (χ4v) is 2.50. The average Bonchev–Trinajstić information content (AvgIpc) is 2.39. The van der Waals surface area contributed by atoms with Gasteiger partial charge in [0, 0.05) is 6.42 Å². The first-order valence-corrected chi connectivity index (χ1v) is 7.09. The summed E-state index contributed by atoms with van der Waals surface area (Å²) in [5.74, 6) is 0.00848. The minimum Gasteiger partial charge on any atom is -0.276 e. The average molecular weight is 281 g/mol. The van der Waals surface area contributed by atoms with Gasteiger partial charge in [-0.25, -0.2) is 22.8 Å². The van der Waals surface area contributed by atoms with Gasteiger partial charge in [0.1, 0.15) is 11.6 Å². The summed E-state index contributed by atoms with van der Waals surface area (Å²) in [7, 11) is -3.83. The lowest BCUT2D eigenvalue weighted by Crippen LogP contribution is -2.13. The molecule has 1 N–H and O–H groups in total. The molecule has 0 radical (unpaired) electrons. The summed E-state index contributed by atoms with van der Waals surface area (Å²) in [6, 6.07) is 4.77. The molecule has 0 aliphatic carbocycles. The molecule has 1 heterocycles. The van der Waals surface area contributed by atoms with E-state index in [1.807, 2.05) is 6.92 Å². The molecule has 0 saturated heterocycles. The predicted molar refractivity (Wildman–Crippen MR) is 68.6 cm³/mol. The number of nitrogens with one attached hydrogen (secondary N) is 1. The highest BCUT2D eigenvalue weighted by Gasteiger charge is 2.15. The maximum Gasteiger partial charge on any atom is 0.262 e. The first kappa shape index (κ1) is 13.4. The number of halogens is 1. The molecule has 100 valence electrons. The van der Waals surface area contributed by atoms with Crippen molar-refractivity contribution in [2.75, 3.05) is 4.72 Å². The molecule has 0 bridgehead atoms. The topological polar surface area (TPSA) is 72.0 Å². The highest BCUT2D eigenvalue weighted by molar-refractivity contribution is 7.92. The van der Waals surface area contributed by atoms with Gasteiger partial charge in [0.15, 0.2) is 0 Å². The Balaban J connectivity index is 2.25. The quantitative estimate of drug-likeness (QED) is 0.930. The largest absolute Gasteiger partial charge is 0.276 e. The molecule has 7 heteroatoms. The minimum atomic E-state index is -3.83. The van der Waals surface area contributed by atoms with Crippen molar-refractivity contribution in [3.63, 3.8) is 0 Å². The van der Waals surface area contributed by atoms with Gasteiger partial charge in [-0.1, -0.05) is 13.0 Å². The van der Waals surface area contributed by atoms with E-state index in [0.29, 0.717) is 12.2 Å². The van der Waals surface area contributed by atoms with Crippen molar-refractivity contribution in [3.8, 4) is 0 Å². The molecule has 0 spiro atoms. The third-order valence-electron chi connectivity index (χ3n) is 2.38. The third kappa shape index (κ3) is 3.25. The molecular formula is C12H12FN3O2S. The van der Waals surface area contributed by atoms with Gasteiger partial charge in [-0.2, -0.15) is 0 Å². The molecule has 0 unspecified atom stereocenters. The van der Waals surface area contributed by atoms with Gasteiger partial charge in [0.05, 0.1) is 23.0 Å². The lowest BCUT2D eigenvalue weighted by atomic mass is 10.4. The van der Waals surface area contributed by atoms with Gasteiger partial charge in [0.25, 0.3) is 10.0 Å². The number of aromatic nitrogens is 2. The number of hydrogen-bond acceptors (Lipinski definition) is 4. The van der Waals surface area contributed by atoms with Crippen LogP contribution in [-0.2, 0) is 16.4 Å². The Hall–Kier alpha value is -2.02. The van der Waals surface area contributed by atoms with Crippen LogP contribution < -0.4 is 4.72 Å². The highest BCUT2D eigenvalue weighted by Crippen LogP contribution is 2.15. The molecule has 5 nitrogen and oxygen atoms in total. The number of hydrogen-bond donors (Lipinski definition) is 1. The second-order valence-electron chi connectivity index (χ2n) is 3.80. The van der Waals surface area contributed by atoms with Crippen LogP contribution in [0.2, 0.25) is 0 Å². The zero-order chi connectivity index (χ0) is 13.9. The Morgan fingerprint density at radius 2 is 1.95 bits per heavy atom.